The van der Waals surface area contributed by atoms with Gasteiger partial charge in [-0.05, 0) is 74.7 Å². The number of rotatable bonds is 7. The number of hydrogen-bond acceptors (Lipinski definition) is 7. The van der Waals surface area contributed by atoms with E-state index >= 15 is 0 Å². The van der Waals surface area contributed by atoms with Gasteiger partial charge in [0.1, 0.15) is 0 Å². The summed E-state index contributed by atoms with van der Waals surface area (Å²) in [6.45, 7) is 4.94. The summed E-state index contributed by atoms with van der Waals surface area (Å²) in [7, 11) is 0. The van der Waals surface area contributed by atoms with Gasteiger partial charge in [0.25, 0.3) is 5.91 Å². The van der Waals surface area contributed by atoms with Crippen LogP contribution in [0, 0.1) is 0 Å². The van der Waals surface area contributed by atoms with E-state index in [1.807, 2.05) is 43.5 Å². The number of carbonyl (C=O) groups is 2. The Morgan fingerprint density at radius 1 is 1.19 bits per heavy atom. The van der Waals surface area contributed by atoms with Crippen LogP contribution in [0.5, 0.6) is 0 Å². The predicted octanol–water partition coefficient (Wildman–Crippen LogP) is 3.59. The average molecular weight is 504 g/mol. The Hall–Kier alpha value is -3.92. The zero-order valence-corrected chi connectivity index (χ0v) is 21.1. The van der Waals surface area contributed by atoms with Gasteiger partial charge >= 0.3 is 6.09 Å². The summed E-state index contributed by atoms with van der Waals surface area (Å²) in [5, 5.41) is 14.3. The molecule has 3 aromatic rings. The van der Waals surface area contributed by atoms with Crippen molar-refractivity contribution in [3.63, 3.8) is 0 Å². The highest BCUT2D eigenvalue weighted by Gasteiger charge is 2.21. The van der Waals surface area contributed by atoms with E-state index in [0.717, 1.165) is 35.4 Å². The summed E-state index contributed by atoms with van der Waals surface area (Å²) in [5.74, 6) is 0.397. The summed E-state index contributed by atoms with van der Waals surface area (Å²) in [6, 6.07) is 11.6. The molecule has 37 heavy (non-hydrogen) atoms. The highest BCUT2D eigenvalue weighted by atomic mass is 16.6. The van der Waals surface area contributed by atoms with E-state index in [1.165, 1.54) is 12.8 Å². The normalized spacial score (nSPS) is 17.8. The van der Waals surface area contributed by atoms with Crippen molar-refractivity contribution in [2.45, 2.75) is 38.6 Å². The first kappa shape index (κ1) is 24.8. The molecule has 0 saturated carbocycles. The van der Waals surface area contributed by atoms with Crippen LogP contribution in [0.1, 0.15) is 48.5 Å². The van der Waals surface area contributed by atoms with Crippen LogP contribution in [0.4, 0.5) is 16.4 Å². The molecular formula is C27H33N7O3. The van der Waals surface area contributed by atoms with Crippen molar-refractivity contribution in [1.82, 2.24) is 30.1 Å². The van der Waals surface area contributed by atoms with Crippen LogP contribution in [0.25, 0.3) is 11.2 Å². The van der Waals surface area contributed by atoms with Crippen LogP contribution in [-0.4, -0.2) is 70.3 Å². The number of hydrogen-bond donors (Lipinski definition) is 3. The van der Waals surface area contributed by atoms with E-state index in [0.29, 0.717) is 50.2 Å². The van der Waals surface area contributed by atoms with Crippen molar-refractivity contribution in [2.24, 2.45) is 0 Å². The Morgan fingerprint density at radius 2 is 2.05 bits per heavy atom. The number of nitrogens with zero attached hydrogens (tertiary/aromatic N) is 4. The fourth-order valence-electron chi connectivity index (χ4n) is 4.75. The number of fused-ring (bicyclic) bond motifs is 1. The molecule has 4 heterocycles. The van der Waals surface area contributed by atoms with Crippen molar-refractivity contribution in [2.75, 3.05) is 38.1 Å². The van der Waals surface area contributed by atoms with Crippen molar-refractivity contribution in [3.8, 4) is 0 Å². The lowest BCUT2D eigenvalue weighted by molar-refractivity contribution is 0.0947. The zero-order valence-electron chi connectivity index (χ0n) is 21.1. The topological polar surface area (TPSA) is 113 Å². The lowest BCUT2D eigenvalue weighted by Gasteiger charge is -2.25. The number of nitrogens with one attached hydrogen (secondary N) is 3. The standard InChI is InChI=1S/C27H33N7O3/c1-2-37-27(36)33-16-12-19(13-17-33)23-7-5-15-34-24(23)31-26(32-34)30-21-10-8-20(9-11-21)25(35)29-18-22-6-3-4-14-28-22/h5,7-12,15,22,28H,2-4,6,13-14,16-18H2,1H3,(H,29,35)(H,30,32). The number of carbonyl (C=O) groups excluding carboxylic acids is 2. The van der Waals surface area contributed by atoms with Gasteiger partial charge in [-0.2, -0.15) is 4.98 Å². The maximum atomic E-state index is 12.5. The van der Waals surface area contributed by atoms with E-state index in [2.05, 4.69) is 21.0 Å². The number of aromatic nitrogens is 3. The fourth-order valence-corrected chi connectivity index (χ4v) is 4.75. The Labute approximate surface area is 216 Å². The minimum absolute atomic E-state index is 0.0725. The number of piperidine rings is 1. The first-order valence-electron chi connectivity index (χ1n) is 13.0. The van der Waals surface area contributed by atoms with Gasteiger partial charge in [0, 0.05) is 48.7 Å². The molecule has 0 aliphatic carbocycles. The largest absolute Gasteiger partial charge is 0.450 e. The molecule has 1 atom stereocenters. The summed E-state index contributed by atoms with van der Waals surface area (Å²) in [6.07, 6.45) is 7.85. The summed E-state index contributed by atoms with van der Waals surface area (Å²) < 4.78 is 6.86. The second-order valence-electron chi connectivity index (χ2n) is 9.31. The van der Waals surface area contributed by atoms with Crippen LogP contribution in [-0.2, 0) is 4.74 Å². The van der Waals surface area contributed by atoms with Gasteiger partial charge in [0.15, 0.2) is 5.65 Å². The number of amides is 2. The van der Waals surface area contributed by atoms with E-state index in [4.69, 9.17) is 9.72 Å². The summed E-state index contributed by atoms with van der Waals surface area (Å²) in [4.78, 5) is 30.9. The van der Waals surface area contributed by atoms with Gasteiger partial charge in [-0.15, -0.1) is 5.10 Å². The third kappa shape index (κ3) is 5.91. The van der Waals surface area contributed by atoms with E-state index in [-0.39, 0.29) is 12.0 Å². The number of ether oxygens (including phenoxy) is 1. The first-order valence-corrected chi connectivity index (χ1v) is 13.0. The molecule has 0 spiro atoms. The van der Waals surface area contributed by atoms with Crippen LogP contribution in [0.2, 0.25) is 0 Å². The molecule has 2 aliphatic rings. The molecule has 0 radical (unpaired) electrons. The molecule has 10 heteroatoms. The molecule has 0 bridgehead atoms. The second-order valence-corrected chi connectivity index (χ2v) is 9.31. The molecular weight excluding hydrogens is 470 g/mol. The lowest BCUT2D eigenvalue weighted by Crippen LogP contribution is -2.43. The third-order valence-electron chi connectivity index (χ3n) is 6.77. The minimum Gasteiger partial charge on any atom is -0.450 e. The zero-order chi connectivity index (χ0) is 25.6. The minimum atomic E-state index is -0.283. The molecule has 1 aromatic carbocycles. The molecule has 2 amide bonds. The van der Waals surface area contributed by atoms with Gasteiger partial charge in [-0.3, -0.25) is 4.79 Å². The summed E-state index contributed by atoms with van der Waals surface area (Å²) in [5.41, 5.74) is 4.28. The SMILES string of the molecule is CCOC(=O)N1CC=C(c2cccn3nc(Nc4ccc(C(=O)NCC5CCCCN5)cc4)nc23)CC1. The fraction of sp³-hybridized carbons (Fsp3) is 0.407. The molecule has 5 rings (SSSR count). The summed E-state index contributed by atoms with van der Waals surface area (Å²) >= 11 is 0. The van der Waals surface area contributed by atoms with Crippen molar-refractivity contribution >= 4 is 34.9 Å². The quantitative estimate of drug-likeness (QED) is 0.452. The van der Waals surface area contributed by atoms with E-state index in [9.17, 15) is 9.59 Å². The smallest absolute Gasteiger partial charge is 0.410 e. The Morgan fingerprint density at radius 3 is 2.78 bits per heavy atom. The Kier molecular flexibility index (Phi) is 7.65. The van der Waals surface area contributed by atoms with Crippen molar-refractivity contribution in [1.29, 1.82) is 0 Å². The van der Waals surface area contributed by atoms with Gasteiger partial charge < -0.3 is 25.6 Å². The van der Waals surface area contributed by atoms with Crippen molar-refractivity contribution in [3.05, 3.63) is 59.8 Å². The second kappa shape index (κ2) is 11.4. The number of pyridine rings is 1. The molecule has 2 aromatic heterocycles. The molecule has 1 fully saturated rings. The Balaban J connectivity index is 1.23. The number of benzene rings is 1. The van der Waals surface area contributed by atoms with Gasteiger partial charge in [0.2, 0.25) is 5.95 Å². The van der Waals surface area contributed by atoms with Gasteiger partial charge in [-0.1, -0.05) is 12.5 Å². The Bertz CT molecular complexity index is 1280. The van der Waals surface area contributed by atoms with E-state index < -0.39 is 0 Å². The van der Waals surface area contributed by atoms with Crippen LogP contribution < -0.4 is 16.0 Å². The van der Waals surface area contributed by atoms with Crippen LogP contribution in [0.3, 0.4) is 0 Å². The molecule has 1 saturated heterocycles. The highest BCUT2D eigenvalue weighted by molar-refractivity contribution is 5.94. The molecule has 1 unspecified atom stereocenters. The monoisotopic (exact) mass is 503 g/mol. The average Bonchev–Trinajstić information content (AvgIpc) is 3.35. The molecule has 194 valence electrons. The molecule has 3 N–H and O–H groups in total. The molecule has 2 aliphatic heterocycles. The predicted molar refractivity (Wildman–Crippen MR) is 142 cm³/mol. The van der Waals surface area contributed by atoms with E-state index in [1.54, 1.807) is 21.5 Å². The maximum Gasteiger partial charge on any atom is 0.410 e. The maximum absolute atomic E-state index is 12.5. The lowest BCUT2D eigenvalue weighted by atomic mass is 10.0. The highest BCUT2D eigenvalue weighted by Crippen LogP contribution is 2.26. The number of anilines is 2. The third-order valence-corrected chi connectivity index (χ3v) is 6.77. The molecule has 10 nitrogen and oxygen atoms in total. The van der Waals surface area contributed by atoms with Crippen LogP contribution >= 0.6 is 0 Å². The van der Waals surface area contributed by atoms with Crippen LogP contribution in [0.15, 0.2) is 48.7 Å². The van der Waals surface area contributed by atoms with Gasteiger partial charge in [-0.25, -0.2) is 9.31 Å². The van der Waals surface area contributed by atoms with Crippen molar-refractivity contribution < 1.29 is 14.3 Å². The van der Waals surface area contributed by atoms with Gasteiger partial charge in [0.05, 0.1) is 6.61 Å². The first-order chi connectivity index (χ1) is 18.1.